The molecule has 0 radical (unpaired) electrons. The van der Waals surface area contributed by atoms with Crippen molar-refractivity contribution in [2.45, 2.75) is 84.8 Å². The van der Waals surface area contributed by atoms with Crippen LogP contribution >= 0.6 is 0 Å². The van der Waals surface area contributed by atoms with Crippen LogP contribution in [0.3, 0.4) is 0 Å². The third kappa shape index (κ3) is 12.4. The molecule has 0 aliphatic carbocycles. The largest absolute Gasteiger partial charge is 0.497 e. The van der Waals surface area contributed by atoms with E-state index >= 15 is 0 Å². The molecule has 12 nitrogen and oxygen atoms in total. The number of methoxy groups -OCH3 is 1. The summed E-state index contributed by atoms with van der Waals surface area (Å²) in [5.41, 5.74) is 2.50. The average Bonchev–Trinajstić information content (AvgIpc) is 3.10. The van der Waals surface area contributed by atoms with Crippen LogP contribution in [0.1, 0.15) is 57.9 Å². The Balaban J connectivity index is 1.60. The monoisotopic (exact) mass is 700 g/mol. The molecule has 0 bridgehead atoms. The van der Waals surface area contributed by atoms with Crippen molar-refractivity contribution in [3.63, 3.8) is 0 Å². The Morgan fingerprint density at radius 1 is 0.804 bits per heavy atom. The fraction of sp³-hybridized carbons (Fsp3) is 0.462. The summed E-state index contributed by atoms with van der Waals surface area (Å²) in [4.78, 5) is 61.0. The molecule has 12 heteroatoms. The van der Waals surface area contributed by atoms with Gasteiger partial charge in [-0.2, -0.15) is 0 Å². The van der Waals surface area contributed by atoms with Gasteiger partial charge in [0.25, 0.3) is 0 Å². The molecule has 2 heterocycles. The molecule has 1 aromatic heterocycles. The van der Waals surface area contributed by atoms with Crippen LogP contribution in [0.5, 0.6) is 11.5 Å². The summed E-state index contributed by atoms with van der Waals surface area (Å²) in [6, 6.07) is 17.4. The number of carbonyl (C=O) groups is 4. The van der Waals surface area contributed by atoms with Crippen molar-refractivity contribution in [1.29, 1.82) is 0 Å². The molecule has 1 fully saturated rings. The number of nitrogens with one attached hydrogen (secondary N) is 4. The van der Waals surface area contributed by atoms with Crippen LogP contribution in [0.4, 0.5) is 0 Å². The molecule has 0 unspecified atom stereocenters. The predicted octanol–water partition coefficient (Wildman–Crippen LogP) is 3.39. The van der Waals surface area contributed by atoms with Crippen molar-refractivity contribution in [2.24, 2.45) is 11.8 Å². The van der Waals surface area contributed by atoms with E-state index in [9.17, 15) is 19.2 Å². The molecule has 1 aliphatic heterocycles. The molecular weight excluding hydrogens is 648 g/mol. The van der Waals surface area contributed by atoms with Crippen molar-refractivity contribution in [3.05, 3.63) is 89.7 Å². The van der Waals surface area contributed by atoms with Gasteiger partial charge in [0.15, 0.2) is 0 Å². The van der Waals surface area contributed by atoms with Gasteiger partial charge in [-0.15, -0.1) is 0 Å². The topological polar surface area (TPSA) is 151 Å². The number of nitrogens with zero attached hydrogens (tertiary/aromatic N) is 2. The fourth-order valence-electron chi connectivity index (χ4n) is 5.83. The first kappa shape index (κ1) is 38.8. The zero-order valence-electron chi connectivity index (χ0n) is 30.5. The van der Waals surface area contributed by atoms with Gasteiger partial charge in [0.2, 0.25) is 23.6 Å². The molecular formula is C39H52N6O6. The molecule has 1 aliphatic rings. The molecule has 51 heavy (non-hydrogen) atoms. The number of pyridine rings is 1. The second-order valence-corrected chi connectivity index (χ2v) is 13.9. The van der Waals surface area contributed by atoms with Crippen LogP contribution in [0.2, 0.25) is 0 Å². The smallest absolute Gasteiger partial charge is 0.243 e. The van der Waals surface area contributed by atoms with Crippen molar-refractivity contribution < 1.29 is 28.7 Å². The van der Waals surface area contributed by atoms with Crippen LogP contribution in [0.15, 0.2) is 72.9 Å². The normalized spacial score (nSPS) is 21.2. The first-order valence-corrected chi connectivity index (χ1v) is 17.6. The number of hydrogen-bond donors (Lipinski definition) is 4. The maximum absolute atomic E-state index is 13.8. The molecule has 3 aromatic rings. The van der Waals surface area contributed by atoms with Gasteiger partial charge < -0.3 is 30.7 Å². The van der Waals surface area contributed by atoms with Gasteiger partial charge in [-0.25, -0.2) is 0 Å². The van der Waals surface area contributed by atoms with E-state index in [2.05, 4.69) is 26.3 Å². The van der Waals surface area contributed by atoms with E-state index in [4.69, 9.17) is 9.47 Å². The predicted molar refractivity (Wildman–Crippen MR) is 195 cm³/mol. The third-order valence-corrected chi connectivity index (χ3v) is 8.71. The summed E-state index contributed by atoms with van der Waals surface area (Å²) in [6.45, 7) is 10.6. The summed E-state index contributed by atoms with van der Waals surface area (Å²) in [5, 5.41) is 11.7. The number of aromatic nitrogens is 1. The highest BCUT2D eigenvalue weighted by atomic mass is 16.5. The Morgan fingerprint density at radius 3 is 2.22 bits per heavy atom. The first-order chi connectivity index (χ1) is 24.4. The van der Waals surface area contributed by atoms with Crippen molar-refractivity contribution >= 4 is 23.6 Å². The summed E-state index contributed by atoms with van der Waals surface area (Å²) >= 11 is 0. The number of carbonyl (C=O) groups excluding carboxylic acids is 4. The van der Waals surface area contributed by atoms with E-state index in [0.29, 0.717) is 37.6 Å². The highest BCUT2D eigenvalue weighted by molar-refractivity contribution is 5.94. The minimum absolute atomic E-state index is 0.00545. The average molecular weight is 701 g/mol. The highest BCUT2D eigenvalue weighted by Gasteiger charge is 2.31. The maximum Gasteiger partial charge on any atom is 0.243 e. The second kappa shape index (κ2) is 18.9. The molecule has 4 rings (SSSR count). The van der Waals surface area contributed by atoms with Crippen molar-refractivity contribution in [2.75, 3.05) is 20.2 Å². The minimum Gasteiger partial charge on any atom is -0.497 e. The molecule has 274 valence electrons. The maximum atomic E-state index is 13.8. The first-order valence-electron chi connectivity index (χ1n) is 17.6. The van der Waals surface area contributed by atoms with Crippen molar-refractivity contribution in [1.82, 2.24) is 31.2 Å². The van der Waals surface area contributed by atoms with E-state index < -0.39 is 29.9 Å². The molecule has 0 saturated carbocycles. The zero-order chi connectivity index (χ0) is 36.9. The summed E-state index contributed by atoms with van der Waals surface area (Å²) < 4.78 is 11.3. The quantitative estimate of drug-likeness (QED) is 0.238. The lowest BCUT2D eigenvalue weighted by atomic mass is 10.0. The number of amides is 4. The minimum atomic E-state index is -0.998. The Bertz CT molecular complexity index is 1600. The summed E-state index contributed by atoms with van der Waals surface area (Å²) in [6.07, 6.45) is 2.26. The Hall–Kier alpha value is -4.97. The highest BCUT2D eigenvalue weighted by Crippen LogP contribution is 2.18. The zero-order valence-corrected chi connectivity index (χ0v) is 30.5. The molecule has 4 atom stereocenters. The van der Waals surface area contributed by atoms with E-state index in [0.717, 1.165) is 16.8 Å². The Kier molecular flexibility index (Phi) is 14.4. The van der Waals surface area contributed by atoms with E-state index in [-0.39, 0.29) is 42.7 Å². The van der Waals surface area contributed by atoms with Gasteiger partial charge in [-0.3, -0.25) is 29.1 Å². The van der Waals surface area contributed by atoms with Crippen LogP contribution in [-0.4, -0.2) is 77.9 Å². The number of ether oxygens (including phenoxy) is 2. The summed E-state index contributed by atoms with van der Waals surface area (Å²) in [7, 11) is 1.57. The lowest BCUT2D eigenvalue weighted by Gasteiger charge is -2.31. The van der Waals surface area contributed by atoms with Crippen molar-refractivity contribution in [3.8, 4) is 11.5 Å². The standard InChI is InChI=1S/C39H52N6O6/c1-25(2)18-33-39(49)43-34(20-28-13-15-31(50-6)16-14-28)38(48)41-27(5)37(47)44-35(26(3)4)22-45(23-36(46)42-33)21-29-10-9-12-32(19-29)51-24-30-11-7-8-17-40-30/h7-17,19,25-27,33-35H,18,20-24H2,1-6H3,(H,41,48)(H,42,46)(H,43,49)(H,44,47)/t27-,33+,34+,35-/m1/s1. The number of rotatable bonds is 11. The molecule has 4 N–H and O–H groups in total. The molecule has 0 spiro atoms. The van der Waals surface area contributed by atoms with Gasteiger partial charge in [0.05, 0.1) is 19.3 Å². The second-order valence-electron chi connectivity index (χ2n) is 13.9. The van der Waals surface area contributed by atoms with Gasteiger partial charge >= 0.3 is 0 Å². The van der Waals surface area contributed by atoms with E-state index in [1.165, 1.54) is 0 Å². The van der Waals surface area contributed by atoms with Gasteiger partial charge in [-0.1, -0.05) is 58.0 Å². The Labute approximate surface area is 301 Å². The SMILES string of the molecule is COc1ccc(C[C@@H]2NC(=O)[C@H](CC(C)C)NC(=O)CN(Cc3cccc(OCc4ccccn4)c3)C[C@H](C(C)C)NC(=O)[C@@H](C)NC2=O)cc1. The van der Waals surface area contributed by atoms with Crippen LogP contribution < -0.4 is 30.7 Å². The Morgan fingerprint density at radius 2 is 1.55 bits per heavy atom. The number of hydrogen-bond acceptors (Lipinski definition) is 8. The van der Waals surface area contributed by atoms with Crippen LogP contribution in [-0.2, 0) is 38.8 Å². The molecule has 2 aromatic carbocycles. The lowest BCUT2D eigenvalue weighted by molar-refractivity contribution is -0.133. The van der Waals surface area contributed by atoms with Crippen LogP contribution in [0, 0.1) is 11.8 Å². The van der Waals surface area contributed by atoms with Gasteiger partial charge in [0.1, 0.15) is 36.2 Å². The summed E-state index contributed by atoms with van der Waals surface area (Å²) in [5.74, 6) is -0.266. The van der Waals surface area contributed by atoms with Crippen LogP contribution in [0.25, 0.3) is 0 Å². The third-order valence-electron chi connectivity index (χ3n) is 8.71. The van der Waals surface area contributed by atoms with E-state index in [1.807, 2.05) is 87.2 Å². The van der Waals surface area contributed by atoms with Gasteiger partial charge in [-0.05, 0) is 72.7 Å². The fourth-order valence-corrected chi connectivity index (χ4v) is 5.83. The number of benzene rings is 2. The molecule has 1 saturated heterocycles. The van der Waals surface area contributed by atoms with E-state index in [1.54, 1.807) is 32.4 Å². The molecule has 4 amide bonds. The van der Waals surface area contributed by atoms with Gasteiger partial charge in [0, 0.05) is 31.7 Å². The lowest BCUT2D eigenvalue weighted by Crippen LogP contribution is -2.57.